The predicted molar refractivity (Wildman–Crippen MR) is 110 cm³/mol. The van der Waals surface area contributed by atoms with Crippen LogP contribution >= 0.6 is 0 Å². The summed E-state index contributed by atoms with van der Waals surface area (Å²) in [6, 6.07) is 12.7. The van der Waals surface area contributed by atoms with Crippen LogP contribution in [0.15, 0.2) is 42.6 Å². The first-order chi connectivity index (χ1) is 12.7. The van der Waals surface area contributed by atoms with Crippen molar-refractivity contribution in [3.8, 4) is 17.8 Å². The maximum Gasteiger partial charge on any atom is 0.263 e. The van der Waals surface area contributed by atoms with E-state index >= 15 is 0 Å². The largest absolute Gasteiger partial charge is 0.369 e. The van der Waals surface area contributed by atoms with Crippen molar-refractivity contribution in [1.82, 2.24) is 9.38 Å². The number of hydrogen-bond donors (Lipinski definition) is 1. The molecular formula is C22H27N4+. The molecule has 3 aromatic rings. The fourth-order valence-electron chi connectivity index (χ4n) is 3.23. The molecule has 0 atom stereocenters. The van der Waals surface area contributed by atoms with Crippen molar-refractivity contribution in [2.24, 2.45) is 0 Å². The van der Waals surface area contributed by atoms with Crippen LogP contribution in [0.3, 0.4) is 0 Å². The number of imidazole rings is 1. The minimum atomic E-state index is 0.761. The summed E-state index contributed by atoms with van der Waals surface area (Å²) in [4.78, 5) is 8.58. The molecule has 0 aliphatic carbocycles. The quantitative estimate of drug-likeness (QED) is 0.542. The lowest BCUT2D eigenvalue weighted by atomic mass is 10.1. The van der Waals surface area contributed by atoms with Crippen LogP contribution in [-0.2, 0) is 0 Å². The molecule has 0 radical (unpaired) electrons. The van der Waals surface area contributed by atoms with E-state index in [9.17, 15) is 0 Å². The third-order valence-corrected chi connectivity index (χ3v) is 4.69. The highest BCUT2D eigenvalue weighted by Crippen LogP contribution is 2.31. The van der Waals surface area contributed by atoms with Crippen molar-refractivity contribution >= 4 is 11.5 Å². The summed E-state index contributed by atoms with van der Waals surface area (Å²) in [6.07, 6.45) is 6.64. The molecule has 0 saturated carbocycles. The number of aromatic nitrogens is 2. The number of anilines is 1. The summed E-state index contributed by atoms with van der Waals surface area (Å²) in [7, 11) is 0. The van der Waals surface area contributed by atoms with Gasteiger partial charge in [0.25, 0.3) is 13.1 Å². The van der Waals surface area contributed by atoms with Crippen LogP contribution in [0.1, 0.15) is 36.8 Å². The molecule has 2 aromatic heterocycles. The number of nitrogens with zero attached hydrogens (tertiary/aromatic N) is 3. The molecule has 4 heteroatoms. The van der Waals surface area contributed by atoms with Crippen LogP contribution < -0.4 is 5.32 Å². The Hall–Kier alpha value is -2.80. The van der Waals surface area contributed by atoms with Crippen LogP contribution in [0.25, 0.3) is 21.7 Å². The normalized spacial score (nSPS) is 10.8. The van der Waals surface area contributed by atoms with Gasteiger partial charge in [-0.2, -0.15) is 0 Å². The average Bonchev–Trinajstić information content (AvgIpc) is 2.98. The van der Waals surface area contributed by atoms with Gasteiger partial charge in [-0.15, -0.1) is 0 Å². The molecule has 0 bridgehead atoms. The van der Waals surface area contributed by atoms with Crippen molar-refractivity contribution in [1.29, 1.82) is 0 Å². The number of pyridine rings is 1. The molecule has 0 unspecified atom stereocenters. The first kappa shape index (κ1) is 18.0. The molecule has 0 aliphatic heterocycles. The fourth-order valence-corrected chi connectivity index (χ4v) is 3.23. The topological polar surface area (TPSA) is 33.7 Å². The molecule has 0 saturated heterocycles. The zero-order valence-corrected chi connectivity index (χ0v) is 15.7. The number of nitrogens with one attached hydrogen (secondary N) is 1. The number of benzene rings is 1. The van der Waals surface area contributed by atoms with Crippen LogP contribution in [-0.4, -0.2) is 22.5 Å². The minimum Gasteiger partial charge on any atom is -0.369 e. The van der Waals surface area contributed by atoms with E-state index in [-0.39, 0.29) is 0 Å². The molecule has 4 nitrogen and oxygen atoms in total. The van der Waals surface area contributed by atoms with E-state index in [0.29, 0.717) is 0 Å². The molecule has 1 N–H and O–H groups in total. The van der Waals surface area contributed by atoms with Gasteiger partial charge in [0, 0.05) is 24.7 Å². The highest BCUT2D eigenvalue weighted by Gasteiger charge is 2.15. The Morgan fingerprint density at radius 2 is 1.88 bits per heavy atom. The Bertz CT molecular complexity index is 918. The summed E-state index contributed by atoms with van der Waals surface area (Å²) in [6.45, 7) is 11.1. The van der Waals surface area contributed by atoms with E-state index in [1.54, 1.807) is 0 Å². The lowest BCUT2D eigenvalue weighted by Gasteiger charge is -2.10. The second kappa shape index (κ2) is 8.53. The lowest BCUT2D eigenvalue weighted by Crippen LogP contribution is -2.05. The first-order valence-electron chi connectivity index (χ1n) is 9.36. The Kier molecular flexibility index (Phi) is 5.91. The van der Waals surface area contributed by atoms with Crippen LogP contribution in [0, 0.1) is 20.4 Å². The van der Waals surface area contributed by atoms with E-state index in [0.717, 1.165) is 43.1 Å². The van der Waals surface area contributed by atoms with Crippen LogP contribution in [0.2, 0.25) is 0 Å². The molecule has 0 spiro atoms. The standard InChI is InChI=1S/C22H27N4/c1-17-12-15-26-20(16-17)25-21(19-11-7-6-10-18(19)2)22(26)24-14-9-5-4-8-13-23-3/h3,6-7,10-12,15-16,24H,4-5,8-9,13-14H2,1-2H3/q+1. The van der Waals surface area contributed by atoms with Gasteiger partial charge >= 0.3 is 0 Å². The number of fused-ring (bicyclic) bond motifs is 1. The smallest absolute Gasteiger partial charge is 0.263 e. The summed E-state index contributed by atoms with van der Waals surface area (Å²) in [5.74, 6) is 1.08. The fraction of sp³-hybridized carbons (Fsp3) is 0.364. The van der Waals surface area contributed by atoms with Crippen molar-refractivity contribution < 1.29 is 0 Å². The van der Waals surface area contributed by atoms with Crippen molar-refractivity contribution in [3.05, 3.63) is 58.6 Å². The van der Waals surface area contributed by atoms with E-state index in [2.05, 4.69) is 71.0 Å². The van der Waals surface area contributed by atoms with E-state index in [4.69, 9.17) is 11.6 Å². The molecule has 0 amide bonds. The second-order valence-electron chi connectivity index (χ2n) is 6.80. The monoisotopic (exact) mass is 347 g/mol. The third kappa shape index (κ3) is 4.05. The zero-order chi connectivity index (χ0) is 18.4. The molecule has 2 heterocycles. The maximum absolute atomic E-state index is 5.18. The molecule has 26 heavy (non-hydrogen) atoms. The second-order valence-corrected chi connectivity index (χ2v) is 6.80. The molecule has 134 valence electrons. The highest BCUT2D eigenvalue weighted by molar-refractivity contribution is 5.78. The number of rotatable bonds is 8. The number of unbranched alkanes of at least 4 members (excludes halogenated alkanes) is 3. The summed E-state index contributed by atoms with van der Waals surface area (Å²) in [5, 5.41) is 3.62. The molecular weight excluding hydrogens is 320 g/mol. The lowest BCUT2D eigenvalue weighted by molar-refractivity contribution is 0.677. The summed E-state index contributed by atoms with van der Waals surface area (Å²) < 4.78 is 2.15. The van der Waals surface area contributed by atoms with Crippen molar-refractivity contribution in [2.75, 3.05) is 18.4 Å². The maximum atomic E-state index is 5.18. The first-order valence-corrected chi connectivity index (χ1v) is 9.36. The summed E-state index contributed by atoms with van der Waals surface area (Å²) in [5.41, 5.74) is 5.64. The Morgan fingerprint density at radius 1 is 1.08 bits per heavy atom. The predicted octanol–water partition coefficient (Wildman–Crippen LogP) is 5.55. The van der Waals surface area contributed by atoms with Crippen molar-refractivity contribution in [2.45, 2.75) is 39.5 Å². The van der Waals surface area contributed by atoms with Gasteiger partial charge in [-0.3, -0.25) is 4.40 Å². The average molecular weight is 347 g/mol. The molecule has 1 aromatic carbocycles. The van der Waals surface area contributed by atoms with E-state index in [1.807, 2.05) is 0 Å². The van der Waals surface area contributed by atoms with Gasteiger partial charge in [0.05, 0.1) is 0 Å². The molecule has 0 aliphatic rings. The Balaban J connectivity index is 1.82. The number of aryl methyl sites for hydroxylation is 2. The SMILES string of the molecule is C#[N+]CCCCCCNc1c(-c2ccccc2C)nc2cc(C)ccn12. The van der Waals surface area contributed by atoms with Crippen LogP contribution in [0.4, 0.5) is 5.82 Å². The Morgan fingerprint density at radius 3 is 2.69 bits per heavy atom. The van der Waals surface area contributed by atoms with Gasteiger partial charge in [0.15, 0.2) is 0 Å². The van der Waals surface area contributed by atoms with Gasteiger partial charge in [-0.25, -0.2) is 4.98 Å². The molecule has 0 fully saturated rings. The van der Waals surface area contributed by atoms with Crippen LogP contribution in [0.5, 0.6) is 0 Å². The van der Waals surface area contributed by atoms with Gasteiger partial charge in [-0.05, 0) is 49.9 Å². The van der Waals surface area contributed by atoms with Gasteiger partial charge in [0.1, 0.15) is 17.2 Å². The number of hydrogen-bond acceptors (Lipinski definition) is 2. The van der Waals surface area contributed by atoms with Gasteiger partial charge < -0.3 is 5.32 Å². The summed E-state index contributed by atoms with van der Waals surface area (Å²) >= 11 is 0. The van der Waals surface area contributed by atoms with Gasteiger partial charge in [-0.1, -0.05) is 35.5 Å². The zero-order valence-electron chi connectivity index (χ0n) is 15.7. The third-order valence-electron chi connectivity index (χ3n) is 4.69. The molecule has 3 rings (SSSR count). The highest BCUT2D eigenvalue weighted by atomic mass is 15.1. The minimum absolute atomic E-state index is 0.761. The Labute approximate surface area is 155 Å². The van der Waals surface area contributed by atoms with Gasteiger partial charge in [0.2, 0.25) is 0 Å². The van der Waals surface area contributed by atoms with E-state index < -0.39 is 0 Å². The van der Waals surface area contributed by atoms with Crippen molar-refractivity contribution in [3.63, 3.8) is 0 Å². The van der Waals surface area contributed by atoms with E-state index in [1.165, 1.54) is 29.5 Å².